The zero-order valence-corrected chi connectivity index (χ0v) is 21.7. The van der Waals surface area contributed by atoms with Gasteiger partial charge in [0.05, 0.1) is 10.4 Å². The smallest absolute Gasteiger partial charge is 0.480 e. The van der Waals surface area contributed by atoms with Gasteiger partial charge in [0.1, 0.15) is 11.9 Å². The number of anilines is 2. The van der Waals surface area contributed by atoms with Gasteiger partial charge in [0.15, 0.2) is 10.8 Å². The summed E-state index contributed by atoms with van der Waals surface area (Å²) in [5, 5.41) is 22.4. The SMILES string of the molecule is C.CC(C)[C@H](NC(=O)c1ccc(-c2ccc(Nc3nc4ncccc4s3)c(F)c2)cc1)C(=O)O.O=C(O)C(F)(F)F. The summed E-state index contributed by atoms with van der Waals surface area (Å²) in [5.41, 5.74) is 2.59. The van der Waals surface area contributed by atoms with Crippen LogP contribution < -0.4 is 10.6 Å². The van der Waals surface area contributed by atoms with Gasteiger partial charge < -0.3 is 20.8 Å². The summed E-state index contributed by atoms with van der Waals surface area (Å²) >= 11 is 1.39. The number of benzene rings is 2. The number of amides is 1. The van der Waals surface area contributed by atoms with E-state index in [4.69, 9.17) is 9.90 Å². The molecule has 4 N–H and O–H groups in total. The van der Waals surface area contributed by atoms with E-state index < -0.39 is 35.9 Å². The van der Waals surface area contributed by atoms with Crippen LogP contribution in [0.2, 0.25) is 0 Å². The van der Waals surface area contributed by atoms with E-state index in [1.54, 1.807) is 56.4 Å². The van der Waals surface area contributed by atoms with E-state index in [0.717, 1.165) is 10.3 Å². The molecular weight excluding hydrogens is 568 g/mol. The topological polar surface area (TPSA) is 142 Å². The molecule has 2 aromatic carbocycles. The number of carbonyl (C=O) groups is 3. The summed E-state index contributed by atoms with van der Waals surface area (Å²) in [6.45, 7) is 3.45. The van der Waals surface area contributed by atoms with Crippen molar-refractivity contribution in [2.24, 2.45) is 5.92 Å². The van der Waals surface area contributed by atoms with Gasteiger partial charge in [-0.2, -0.15) is 18.2 Å². The molecule has 0 fully saturated rings. The number of alkyl halides is 3. The minimum atomic E-state index is -5.08. The van der Waals surface area contributed by atoms with E-state index in [1.807, 2.05) is 12.1 Å². The minimum Gasteiger partial charge on any atom is -0.480 e. The average molecular weight is 595 g/mol. The van der Waals surface area contributed by atoms with Crippen LogP contribution in [0.25, 0.3) is 21.5 Å². The first-order chi connectivity index (χ1) is 18.8. The summed E-state index contributed by atoms with van der Waals surface area (Å²) in [7, 11) is 0. The molecule has 0 aliphatic rings. The largest absolute Gasteiger partial charge is 0.490 e. The van der Waals surface area contributed by atoms with E-state index in [9.17, 15) is 32.3 Å². The lowest BCUT2D eigenvalue weighted by molar-refractivity contribution is -0.192. The number of halogens is 4. The molecule has 1 amide bonds. The van der Waals surface area contributed by atoms with Crippen LogP contribution >= 0.6 is 11.3 Å². The molecule has 0 aliphatic heterocycles. The van der Waals surface area contributed by atoms with E-state index in [0.29, 0.717) is 27.6 Å². The predicted octanol–water partition coefficient (Wildman–Crippen LogP) is 6.35. The second-order valence-electron chi connectivity index (χ2n) is 8.58. The molecule has 2 heterocycles. The third-order valence-corrected chi connectivity index (χ3v) is 6.24. The fourth-order valence-corrected chi connectivity index (χ4v) is 4.12. The molecule has 0 unspecified atom stereocenters. The molecule has 14 heteroatoms. The standard InChI is InChI=1S/C24H21FN4O3S.C2HF3O2.CH4/c1-13(2)20(23(31)32)28-22(30)15-7-5-14(6-8-15)16-9-10-18(17(25)12-16)27-24-29-21-19(33-24)4-3-11-26-21;3-2(4,5)1(6)7;/h3-13,20H,1-2H3,(H,28,30)(H,31,32)(H,26,27,29);(H,6,7);1H4/t20-;;/m0../s1. The van der Waals surface area contributed by atoms with E-state index >= 15 is 0 Å². The average Bonchev–Trinajstić information content (AvgIpc) is 3.30. The van der Waals surface area contributed by atoms with Crippen molar-refractivity contribution in [1.82, 2.24) is 15.3 Å². The molecule has 218 valence electrons. The normalized spacial score (nSPS) is 11.6. The quantitative estimate of drug-likeness (QED) is 0.181. The highest BCUT2D eigenvalue weighted by Crippen LogP contribution is 2.30. The Morgan fingerprint density at radius 1 is 0.976 bits per heavy atom. The highest BCUT2D eigenvalue weighted by Gasteiger charge is 2.38. The van der Waals surface area contributed by atoms with Crippen LogP contribution in [0.15, 0.2) is 60.8 Å². The van der Waals surface area contributed by atoms with Crippen LogP contribution in [0.5, 0.6) is 0 Å². The molecule has 0 saturated carbocycles. The Labute approximate surface area is 235 Å². The van der Waals surface area contributed by atoms with Crippen molar-refractivity contribution < 1.29 is 42.2 Å². The fraction of sp³-hybridized carbons (Fsp3) is 0.222. The summed E-state index contributed by atoms with van der Waals surface area (Å²) in [6, 6.07) is 14.1. The number of aromatic nitrogens is 2. The number of carboxylic acid groups (broad SMARTS) is 2. The number of rotatable bonds is 7. The number of fused-ring (bicyclic) bond motifs is 1. The Morgan fingerprint density at radius 3 is 2.10 bits per heavy atom. The Morgan fingerprint density at radius 2 is 1.59 bits per heavy atom. The van der Waals surface area contributed by atoms with Gasteiger partial charge in [0.2, 0.25) is 0 Å². The number of nitrogens with zero attached hydrogens (tertiary/aromatic N) is 2. The Bertz CT molecular complexity index is 1490. The predicted molar refractivity (Wildman–Crippen MR) is 147 cm³/mol. The maximum atomic E-state index is 14.8. The lowest BCUT2D eigenvalue weighted by atomic mass is 10.0. The fourth-order valence-electron chi connectivity index (χ4n) is 3.29. The Hall–Kier alpha value is -4.59. The molecule has 0 aliphatic carbocycles. The zero-order valence-electron chi connectivity index (χ0n) is 20.9. The van der Waals surface area contributed by atoms with Gasteiger partial charge in [-0.25, -0.2) is 19.0 Å². The number of thiazole rings is 1. The zero-order chi connectivity index (χ0) is 29.6. The number of nitrogens with one attached hydrogen (secondary N) is 2. The van der Waals surface area contributed by atoms with E-state index in [1.165, 1.54) is 17.4 Å². The molecule has 0 saturated heterocycles. The first-order valence-electron chi connectivity index (χ1n) is 11.5. The van der Waals surface area contributed by atoms with E-state index in [2.05, 4.69) is 20.6 Å². The molecule has 0 bridgehead atoms. The summed E-state index contributed by atoms with van der Waals surface area (Å²) in [5.74, 6) is -5.00. The van der Waals surface area contributed by atoms with Crippen molar-refractivity contribution in [3.63, 3.8) is 0 Å². The van der Waals surface area contributed by atoms with Crippen molar-refractivity contribution >= 4 is 50.3 Å². The molecule has 4 rings (SSSR count). The molecular formula is C27H26F4N4O5S. The highest BCUT2D eigenvalue weighted by molar-refractivity contribution is 7.22. The first-order valence-corrected chi connectivity index (χ1v) is 12.3. The third-order valence-electron chi connectivity index (χ3n) is 5.32. The second-order valence-corrected chi connectivity index (χ2v) is 9.61. The number of hydrogen-bond acceptors (Lipinski definition) is 7. The van der Waals surface area contributed by atoms with Gasteiger partial charge in [0.25, 0.3) is 5.91 Å². The van der Waals surface area contributed by atoms with Gasteiger partial charge in [-0.15, -0.1) is 0 Å². The Kier molecular flexibility index (Phi) is 10.9. The lowest BCUT2D eigenvalue weighted by Crippen LogP contribution is -2.44. The molecule has 0 radical (unpaired) electrons. The highest BCUT2D eigenvalue weighted by atomic mass is 32.1. The van der Waals surface area contributed by atoms with Crippen LogP contribution in [-0.4, -0.2) is 50.2 Å². The minimum absolute atomic E-state index is 0. The number of carboxylic acids is 2. The van der Waals surface area contributed by atoms with Crippen molar-refractivity contribution in [3.05, 3.63) is 72.2 Å². The van der Waals surface area contributed by atoms with Crippen molar-refractivity contribution in [3.8, 4) is 11.1 Å². The Balaban J connectivity index is 0.000000655. The van der Waals surface area contributed by atoms with Gasteiger partial charge in [-0.3, -0.25) is 4.79 Å². The van der Waals surface area contributed by atoms with Gasteiger partial charge in [-0.1, -0.05) is 50.8 Å². The van der Waals surface area contributed by atoms with Crippen LogP contribution in [0, 0.1) is 11.7 Å². The summed E-state index contributed by atoms with van der Waals surface area (Å²) < 4.78 is 47.4. The van der Waals surface area contributed by atoms with Crippen molar-refractivity contribution in [1.29, 1.82) is 0 Å². The van der Waals surface area contributed by atoms with Crippen LogP contribution in [0.3, 0.4) is 0 Å². The lowest BCUT2D eigenvalue weighted by Gasteiger charge is -2.18. The summed E-state index contributed by atoms with van der Waals surface area (Å²) in [4.78, 5) is 41.1. The number of carbonyl (C=O) groups excluding carboxylic acids is 1. The van der Waals surface area contributed by atoms with Crippen LogP contribution in [-0.2, 0) is 9.59 Å². The molecule has 1 atom stereocenters. The maximum absolute atomic E-state index is 14.8. The monoisotopic (exact) mass is 594 g/mol. The van der Waals surface area contributed by atoms with Gasteiger partial charge in [-0.05, 0) is 53.4 Å². The van der Waals surface area contributed by atoms with Gasteiger partial charge >= 0.3 is 18.1 Å². The van der Waals surface area contributed by atoms with Crippen molar-refractivity contribution in [2.45, 2.75) is 33.5 Å². The number of hydrogen-bond donors (Lipinski definition) is 4. The summed E-state index contributed by atoms with van der Waals surface area (Å²) in [6.07, 6.45) is -3.43. The third kappa shape index (κ3) is 8.70. The van der Waals surface area contributed by atoms with Crippen LogP contribution in [0.1, 0.15) is 31.6 Å². The number of aliphatic carboxylic acids is 2. The molecule has 4 aromatic rings. The molecule has 9 nitrogen and oxygen atoms in total. The van der Waals surface area contributed by atoms with Crippen molar-refractivity contribution in [2.75, 3.05) is 5.32 Å². The van der Waals surface area contributed by atoms with Gasteiger partial charge in [0, 0.05) is 11.8 Å². The molecule has 2 aromatic heterocycles. The maximum Gasteiger partial charge on any atom is 0.490 e. The second kappa shape index (κ2) is 13.7. The molecule has 0 spiro atoms. The van der Waals surface area contributed by atoms with Crippen LogP contribution in [0.4, 0.5) is 28.4 Å². The molecule has 41 heavy (non-hydrogen) atoms. The first kappa shape index (κ1) is 32.6. The van der Waals surface area contributed by atoms with E-state index in [-0.39, 0.29) is 13.3 Å². The number of pyridine rings is 1.